The lowest BCUT2D eigenvalue weighted by molar-refractivity contribution is 0.412. The molecular formula is C20H17N7O7S2. The topological polar surface area (TPSA) is 201 Å². The van der Waals surface area contributed by atoms with Crippen LogP contribution in [0.3, 0.4) is 0 Å². The molecule has 0 saturated heterocycles. The van der Waals surface area contributed by atoms with E-state index in [-0.39, 0.29) is 22.0 Å². The number of azo groups is 2. The molecule has 0 heterocycles. The largest absolute Gasteiger partial charge is 0.496 e. The molecule has 14 nitrogen and oxygen atoms in total. The van der Waals surface area contributed by atoms with Gasteiger partial charge >= 0.3 is 0 Å². The molecule has 0 radical (unpaired) electrons. The molecule has 1 N–H and O–H groups in total. The second-order valence-corrected chi connectivity index (χ2v) is 10.3. The normalized spacial score (nSPS) is 12.5. The third kappa shape index (κ3) is 5.85. The number of aryl methyl sites for hydroxylation is 1. The number of methoxy groups -OCH3 is 1. The molecule has 0 aliphatic carbocycles. The second-order valence-electron chi connectivity index (χ2n) is 6.92. The summed E-state index contributed by atoms with van der Waals surface area (Å²) in [7, 11) is -6.80. The van der Waals surface area contributed by atoms with E-state index < -0.39 is 25.6 Å². The Labute approximate surface area is 205 Å². The van der Waals surface area contributed by atoms with E-state index in [4.69, 9.17) is 4.74 Å². The highest BCUT2D eigenvalue weighted by atomic mass is 32.3. The van der Waals surface area contributed by atoms with Crippen LogP contribution in [0.15, 0.2) is 105 Å². The predicted molar refractivity (Wildman–Crippen MR) is 132 cm³/mol. The Kier molecular flexibility index (Phi) is 8.03. The van der Waals surface area contributed by atoms with Gasteiger partial charge in [0.2, 0.25) is 0 Å². The fourth-order valence-electron chi connectivity index (χ4n) is 2.82. The van der Waals surface area contributed by atoms with Crippen molar-refractivity contribution in [1.82, 2.24) is 0 Å². The average molecular weight is 532 g/mol. The highest BCUT2D eigenvalue weighted by Crippen LogP contribution is 2.59. The second kappa shape index (κ2) is 11.0. The minimum Gasteiger partial charge on any atom is -0.496 e. The lowest BCUT2D eigenvalue weighted by Crippen LogP contribution is -1.98. The fraction of sp³-hybridized carbons (Fsp3) is 0.100. The Balaban J connectivity index is 1.89. The van der Waals surface area contributed by atoms with Crippen molar-refractivity contribution in [3.8, 4) is 5.75 Å². The van der Waals surface area contributed by atoms with Crippen molar-refractivity contribution in [1.29, 1.82) is 0 Å². The van der Waals surface area contributed by atoms with Crippen LogP contribution in [0.1, 0.15) is 5.56 Å². The molecular weight excluding hydrogens is 514 g/mol. The third-order valence-corrected chi connectivity index (χ3v) is 7.04. The van der Waals surface area contributed by atoms with Gasteiger partial charge in [-0.2, -0.15) is 23.8 Å². The van der Waals surface area contributed by atoms with Crippen LogP contribution in [0.4, 0.5) is 22.7 Å². The van der Waals surface area contributed by atoms with Crippen LogP contribution in [0.2, 0.25) is 0 Å². The Morgan fingerprint density at radius 2 is 1.25 bits per heavy atom. The first-order valence-corrected chi connectivity index (χ1v) is 12.7. The summed E-state index contributed by atoms with van der Waals surface area (Å²) in [6.07, 6.45) is 0. The van der Waals surface area contributed by atoms with Crippen molar-refractivity contribution in [2.45, 2.75) is 16.7 Å². The number of nitroso groups, excluding NO2 is 3. The monoisotopic (exact) mass is 531 g/mol. The first-order valence-electron chi connectivity index (χ1n) is 9.72. The summed E-state index contributed by atoms with van der Waals surface area (Å²) in [5.41, 5.74) is 1.42. The number of nitrogens with zero attached hydrogens (tertiary/aromatic N) is 7. The lowest BCUT2D eigenvalue weighted by atomic mass is 10.2. The molecule has 0 atom stereocenters. The van der Waals surface area contributed by atoms with Crippen molar-refractivity contribution in [3.63, 3.8) is 0 Å². The van der Waals surface area contributed by atoms with Gasteiger partial charge in [-0.25, -0.2) is 0 Å². The Morgan fingerprint density at radius 1 is 0.722 bits per heavy atom. The molecule has 0 aliphatic rings. The molecule has 0 aromatic heterocycles. The number of benzene rings is 3. The van der Waals surface area contributed by atoms with E-state index in [0.717, 1.165) is 11.6 Å². The average Bonchev–Trinajstić information content (AvgIpc) is 2.88. The minimum absolute atomic E-state index is 0.0568. The van der Waals surface area contributed by atoms with Gasteiger partial charge in [0.05, 0.1) is 29.1 Å². The van der Waals surface area contributed by atoms with Crippen LogP contribution >= 0.6 is 10.6 Å². The fourth-order valence-corrected chi connectivity index (χ4v) is 4.30. The van der Waals surface area contributed by atoms with Crippen molar-refractivity contribution in [3.05, 3.63) is 80.9 Å². The molecule has 3 aromatic carbocycles. The highest BCUT2D eigenvalue weighted by Gasteiger charge is 2.31. The zero-order valence-electron chi connectivity index (χ0n) is 18.6. The minimum atomic E-state index is -4.69. The van der Waals surface area contributed by atoms with E-state index >= 15 is 0 Å². The third-order valence-electron chi connectivity index (χ3n) is 4.63. The molecule has 0 fully saturated rings. The quantitative estimate of drug-likeness (QED) is 0.160. The van der Waals surface area contributed by atoms with E-state index in [2.05, 4.69) is 34.2 Å². The standard InChI is InChI=1S/C20H17N7O7S2/c1-13-3-4-15(11-19(13)34-2)23-24-18-10-7-16(12-20(18)36(31,32)33)22-21-14-5-8-17(9-6-14)35(25-28,26-29)27-30/h3-12H,1-2H3,(H,31,32,33). The molecule has 16 heteroatoms. The number of ether oxygens (including phenoxy) is 1. The molecule has 0 amide bonds. The number of rotatable bonds is 10. The van der Waals surface area contributed by atoms with E-state index in [9.17, 15) is 27.7 Å². The van der Waals surface area contributed by atoms with Gasteiger partial charge < -0.3 is 4.74 Å². The molecule has 0 aliphatic heterocycles. The van der Waals surface area contributed by atoms with E-state index in [1.54, 1.807) is 18.2 Å². The summed E-state index contributed by atoms with van der Waals surface area (Å²) >= 11 is 0. The first kappa shape index (κ1) is 26.3. The molecule has 0 unspecified atom stereocenters. The Morgan fingerprint density at radius 3 is 1.83 bits per heavy atom. The van der Waals surface area contributed by atoms with Gasteiger partial charge in [0, 0.05) is 19.8 Å². The summed E-state index contributed by atoms with van der Waals surface area (Å²) in [6, 6.07) is 13.9. The molecule has 186 valence electrons. The molecule has 3 rings (SSSR count). The van der Waals surface area contributed by atoms with E-state index in [1.165, 1.54) is 43.5 Å². The maximum absolute atomic E-state index is 11.9. The smallest absolute Gasteiger partial charge is 0.296 e. The van der Waals surface area contributed by atoms with Crippen molar-refractivity contribution in [2.24, 2.45) is 34.2 Å². The maximum Gasteiger partial charge on any atom is 0.296 e. The van der Waals surface area contributed by atoms with Crippen molar-refractivity contribution >= 4 is 43.5 Å². The van der Waals surface area contributed by atoms with Gasteiger partial charge in [0.1, 0.15) is 16.3 Å². The Hall–Kier alpha value is -4.28. The summed E-state index contributed by atoms with van der Waals surface area (Å²) in [5.74, 6) is 0.574. The molecule has 0 saturated carbocycles. The molecule has 3 aromatic rings. The number of hydrogen-bond donors (Lipinski definition) is 1. The summed E-state index contributed by atoms with van der Waals surface area (Å²) < 4.78 is 46.1. The zero-order chi connectivity index (χ0) is 26.3. The van der Waals surface area contributed by atoms with E-state index in [1.807, 2.05) is 6.92 Å². The van der Waals surface area contributed by atoms with Crippen molar-refractivity contribution in [2.75, 3.05) is 7.11 Å². The van der Waals surface area contributed by atoms with Crippen LogP contribution in [0, 0.1) is 21.6 Å². The maximum atomic E-state index is 11.9. The lowest BCUT2D eigenvalue weighted by Gasteiger charge is -2.13. The van der Waals surface area contributed by atoms with Gasteiger partial charge in [-0.05, 0) is 61.0 Å². The van der Waals surface area contributed by atoms with Crippen LogP contribution < -0.4 is 4.74 Å². The molecule has 36 heavy (non-hydrogen) atoms. The van der Waals surface area contributed by atoms with Gasteiger partial charge in [-0.1, -0.05) is 6.07 Å². The first-order chi connectivity index (χ1) is 17.2. The molecule has 0 bridgehead atoms. The Bertz CT molecular complexity index is 1450. The summed E-state index contributed by atoms with van der Waals surface area (Å²) in [4.78, 5) is 32.0. The number of hydrogen-bond acceptors (Lipinski definition) is 13. The van der Waals surface area contributed by atoms with Gasteiger partial charge in [0.25, 0.3) is 10.1 Å². The van der Waals surface area contributed by atoms with Gasteiger partial charge in [0.15, 0.2) is 10.6 Å². The van der Waals surface area contributed by atoms with Gasteiger partial charge in [-0.15, -0.1) is 19.8 Å². The summed E-state index contributed by atoms with van der Waals surface area (Å²) in [6.45, 7) is 1.85. The SMILES string of the molecule is COc1cc(N=Nc2ccc(N=Nc3ccc(S(N=O)(N=O)N=O)cc3)cc2S(=O)(=O)O)ccc1C. The zero-order valence-corrected chi connectivity index (χ0v) is 20.3. The summed E-state index contributed by atoms with van der Waals surface area (Å²) in [5, 5.41) is 15.7. The van der Waals surface area contributed by atoms with Crippen LogP contribution in [0.25, 0.3) is 0 Å². The van der Waals surface area contributed by atoms with E-state index in [0.29, 0.717) is 11.4 Å². The molecule has 0 spiro atoms. The van der Waals surface area contributed by atoms with Crippen LogP contribution in [-0.2, 0) is 10.1 Å². The van der Waals surface area contributed by atoms with Crippen molar-refractivity contribution < 1.29 is 17.7 Å². The van der Waals surface area contributed by atoms with Gasteiger partial charge in [-0.3, -0.25) is 4.55 Å². The highest BCUT2D eigenvalue weighted by molar-refractivity contribution is 8.30. The van der Waals surface area contributed by atoms with Crippen LogP contribution in [0.5, 0.6) is 5.75 Å². The predicted octanol–water partition coefficient (Wildman–Crippen LogP) is 7.29. The van der Waals surface area contributed by atoms with Crippen LogP contribution in [-0.4, -0.2) is 20.1 Å².